The Labute approximate surface area is 131 Å². The fourth-order valence-electron chi connectivity index (χ4n) is 1.99. The zero-order chi connectivity index (χ0) is 16.1. The molecule has 116 valence electrons. The molecule has 0 saturated heterocycles. The van der Waals surface area contributed by atoms with Crippen molar-refractivity contribution >= 4 is 33.1 Å². The second-order valence-corrected chi connectivity index (χ2v) is 5.44. The second kappa shape index (κ2) is 6.99. The molecule has 8 heteroatoms. The van der Waals surface area contributed by atoms with Gasteiger partial charge in [-0.3, -0.25) is 20.2 Å². The van der Waals surface area contributed by atoms with Gasteiger partial charge >= 0.3 is 5.00 Å². The first kappa shape index (κ1) is 15.9. The minimum atomic E-state index is -0.536. The molecule has 1 N–H and O–H groups in total. The summed E-state index contributed by atoms with van der Waals surface area (Å²) in [6.45, 7) is 5.93. The predicted molar refractivity (Wildman–Crippen MR) is 86.7 cm³/mol. The fraction of sp³-hybridized carbons (Fsp3) is 0.286. The highest BCUT2D eigenvalue weighted by Crippen LogP contribution is 2.25. The van der Waals surface area contributed by atoms with Crippen LogP contribution >= 0.6 is 11.3 Å². The minimum Gasteiger partial charge on any atom is -0.372 e. The Bertz CT molecular complexity index is 665. The third kappa shape index (κ3) is 3.59. The van der Waals surface area contributed by atoms with Gasteiger partial charge in [-0.1, -0.05) is 0 Å². The van der Waals surface area contributed by atoms with Crippen LogP contribution in [0.3, 0.4) is 0 Å². The Morgan fingerprint density at radius 3 is 2.45 bits per heavy atom. The molecule has 0 bridgehead atoms. The summed E-state index contributed by atoms with van der Waals surface area (Å²) in [5.74, 6) is -0.338. The summed E-state index contributed by atoms with van der Waals surface area (Å²) in [4.78, 5) is 28.1. The highest BCUT2D eigenvalue weighted by atomic mass is 32.1. The first-order valence-electron chi connectivity index (χ1n) is 6.81. The van der Waals surface area contributed by atoms with Crippen molar-refractivity contribution in [3.8, 4) is 0 Å². The van der Waals surface area contributed by atoms with E-state index in [4.69, 9.17) is 0 Å². The van der Waals surface area contributed by atoms with Crippen LogP contribution in [-0.4, -0.2) is 28.9 Å². The number of nitrogens with zero attached hydrogens (tertiary/aromatic N) is 3. The molecule has 0 atom stereocenters. The van der Waals surface area contributed by atoms with Gasteiger partial charge in [-0.2, -0.15) is 0 Å². The number of aromatic nitrogens is 1. The molecule has 1 aromatic heterocycles. The van der Waals surface area contributed by atoms with Crippen molar-refractivity contribution in [2.24, 2.45) is 0 Å². The molecular weight excluding hydrogens is 304 g/mol. The Balaban J connectivity index is 2.07. The van der Waals surface area contributed by atoms with E-state index >= 15 is 0 Å². The average Bonchev–Trinajstić information content (AvgIpc) is 2.98. The number of thiazole rings is 1. The molecule has 22 heavy (non-hydrogen) atoms. The van der Waals surface area contributed by atoms with Crippen molar-refractivity contribution in [3.63, 3.8) is 0 Å². The van der Waals surface area contributed by atoms with Crippen molar-refractivity contribution in [1.82, 2.24) is 4.98 Å². The molecule has 2 aromatic rings. The Morgan fingerprint density at radius 1 is 1.32 bits per heavy atom. The van der Waals surface area contributed by atoms with Gasteiger partial charge in [0.1, 0.15) is 6.20 Å². The van der Waals surface area contributed by atoms with E-state index in [-0.39, 0.29) is 16.0 Å². The maximum Gasteiger partial charge on any atom is 0.345 e. The number of hydrogen-bond acceptors (Lipinski definition) is 6. The van der Waals surface area contributed by atoms with E-state index in [1.807, 2.05) is 12.1 Å². The van der Waals surface area contributed by atoms with E-state index in [9.17, 15) is 14.9 Å². The summed E-state index contributed by atoms with van der Waals surface area (Å²) in [6.07, 6.45) is 1.13. The zero-order valence-electron chi connectivity index (χ0n) is 12.3. The second-order valence-electron chi connectivity index (χ2n) is 4.43. The number of hydrogen-bond donors (Lipinski definition) is 1. The summed E-state index contributed by atoms with van der Waals surface area (Å²) in [6, 6.07) is 7.22. The van der Waals surface area contributed by atoms with E-state index in [1.54, 1.807) is 12.1 Å². The lowest BCUT2D eigenvalue weighted by atomic mass is 10.2. The van der Waals surface area contributed by atoms with Crippen LogP contribution < -0.4 is 10.2 Å². The minimum absolute atomic E-state index is 0.104. The zero-order valence-corrected chi connectivity index (χ0v) is 13.1. The number of carbonyl (C=O) groups excluding carboxylic acids is 1. The van der Waals surface area contributed by atoms with E-state index in [0.29, 0.717) is 5.56 Å². The quantitative estimate of drug-likeness (QED) is 0.652. The number of nitro groups is 1. The molecule has 0 saturated carbocycles. The highest BCUT2D eigenvalue weighted by Gasteiger charge is 2.14. The van der Waals surface area contributed by atoms with Crippen molar-refractivity contribution in [1.29, 1.82) is 0 Å². The highest BCUT2D eigenvalue weighted by molar-refractivity contribution is 7.18. The molecule has 7 nitrogen and oxygen atoms in total. The molecule has 0 aliphatic heterocycles. The van der Waals surface area contributed by atoms with Crippen LogP contribution in [0, 0.1) is 10.1 Å². The molecule has 0 radical (unpaired) electrons. The lowest BCUT2D eigenvalue weighted by molar-refractivity contribution is -0.380. The smallest absolute Gasteiger partial charge is 0.345 e. The normalized spacial score (nSPS) is 10.3. The lowest BCUT2D eigenvalue weighted by Gasteiger charge is -2.20. The molecular formula is C14H16N4O3S. The molecule has 1 amide bonds. The van der Waals surface area contributed by atoms with Gasteiger partial charge in [0.2, 0.25) is 0 Å². The van der Waals surface area contributed by atoms with Gasteiger partial charge in [0, 0.05) is 24.3 Å². The van der Waals surface area contributed by atoms with Crippen molar-refractivity contribution < 1.29 is 9.72 Å². The Kier molecular flexibility index (Phi) is 5.05. The van der Waals surface area contributed by atoms with E-state index < -0.39 is 4.92 Å². The molecule has 0 unspecified atom stereocenters. The van der Waals surface area contributed by atoms with Gasteiger partial charge in [0.05, 0.1) is 4.92 Å². The summed E-state index contributed by atoms with van der Waals surface area (Å²) < 4.78 is 0. The van der Waals surface area contributed by atoms with Gasteiger partial charge in [0.25, 0.3) is 5.91 Å². The first-order chi connectivity index (χ1) is 10.5. The van der Waals surface area contributed by atoms with Crippen molar-refractivity contribution in [3.05, 3.63) is 46.1 Å². The number of carbonyl (C=O) groups is 1. The molecule has 1 heterocycles. The third-order valence-corrected chi connectivity index (χ3v) is 4.02. The van der Waals surface area contributed by atoms with Crippen LogP contribution in [0.2, 0.25) is 0 Å². The maximum atomic E-state index is 12.1. The van der Waals surface area contributed by atoms with Crippen LogP contribution in [0.15, 0.2) is 30.5 Å². The third-order valence-electron chi connectivity index (χ3n) is 3.15. The first-order valence-corrected chi connectivity index (χ1v) is 7.63. The van der Waals surface area contributed by atoms with Crippen LogP contribution in [-0.2, 0) is 0 Å². The number of benzene rings is 1. The monoisotopic (exact) mass is 320 g/mol. The fourth-order valence-corrected chi connectivity index (χ4v) is 2.62. The van der Waals surface area contributed by atoms with Crippen LogP contribution in [0.1, 0.15) is 24.2 Å². The number of rotatable bonds is 6. The average molecular weight is 320 g/mol. The van der Waals surface area contributed by atoms with Gasteiger partial charge in [-0.25, -0.2) is 4.98 Å². The number of amides is 1. The summed E-state index contributed by atoms with van der Waals surface area (Å²) in [5, 5.41) is 13.3. The standard InChI is InChI=1S/C14H16N4O3S/c1-3-17(4-2)11-7-5-10(6-8-11)13(19)16-14-15-9-12(22-14)18(20)21/h5-9H,3-4H2,1-2H3,(H,15,16,19). The van der Waals surface area contributed by atoms with Crippen molar-refractivity contribution in [2.75, 3.05) is 23.3 Å². The molecule has 0 aliphatic carbocycles. The molecule has 0 aliphatic rings. The van der Waals surface area contributed by atoms with E-state index in [1.165, 1.54) is 0 Å². The Morgan fingerprint density at radius 2 is 1.95 bits per heavy atom. The molecule has 1 aromatic carbocycles. The summed E-state index contributed by atoms with van der Waals surface area (Å²) >= 11 is 0.829. The van der Waals surface area contributed by atoms with Gasteiger partial charge in [0.15, 0.2) is 5.13 Å². The number of nitrogens with one attached hydrogen (secondary N) is 1. The molecule has 2 rings (SSSR count). The van der Waals surface area contributed by atoms with E-state index in [0.717, 1.165) is 36.3 Å². The van der Waals surface area contributed by atoms with Gasteiger partial charge in [-0.05, 0) is 49.4 Å². The Hall–Kier alpha value is -2.48. The maximum absolute atomic E-state index is 12.1. The summed E-state index contributed by atoms with van der Waals surface area (Å²) in [7, 11) is 0. The lowest BCUT2D eigenvalue weighted by Crippen LogP contribution is -2.21. The largest absolute Gasteiger partial charge is 0.372 e. The van der Waals surface area contributed by atoms with Gasteiger partial charge < -0.3 is 4.90 Å². The van der Waals surface area contributed by atoms with Crippen LogP contribution in [0.5, 0.6) is 0 Å². The van der Waals surface area contributed by atoms with Crippen molar-refractivity contribution in [2.45, 2.75) is 13.8 Å². The molecule has 0 spiro atoms. The summed E-state index contributed by atoms with van der Waals surface area (Å²) in [5.41, 5.74) is 1.53. The van der Waals surface area contributed by atoms with Crippen LogP contribution in [0.4, 0.5) is 15.8 Å². The van der Waals surface area contributed by atoms with Crippen LogP contribution in [0.25, 0.3) is 0 Å². The van der Waals surface area contributed by atoms with Gasteiger partial charge in [-0.15, -0.1) is 0 Å². The predicted octanol–water partition coefficient (Wildman–Crippen LogP) is 3.15. The SMILES string of the molecule is CCN(CC)c1ccc(C(=O)Nc2ncc([N+](=O)[O-])s2)cc1. The van der Waals surface area contributed by atoms with E-state index in [2.05, 4.69) is 29.0 Å². The molecule has 0 fully saturated rings. The number of anilines is 2. The topological polar surface area (TPSA) is 88.4 Å².